The van der Waals surface area contributed by atoms with Crippen molar-refractivity contribution in [1.82, 2.24) is 0 Å². The summed E-state index contributed by atoms with van der Waals surface area (Å²) in [7, 11) is -3.66. The van der Waals surface area contributed by atoms with Gasteiger partial charge in [0.05, 0.1) is 19.2 Å². The van der Waals surface area contributed by atoms with Crippen molar-refractivity contribution in [1.29, 1.82) is 0 Å². The molecule has 0 atom stereocenters. The van der Waals surface area contributed by atoms with Gasteiger partial charge in [0.2, 0.25) is 9.84 Å². The van der Waals surface area contributed by atoms with Crippen LogP contribution in [-0.4, -0.2) is 13.3 Å². The van der Waals surface area contributed by atoms with Gasteiger partial charge < -0.3 is 0 Å². The van der Waals surface area contributed by atoms with Gasteiger partial charge in [0.1, 0.15) is 0 Å². The van der Waals surface area contributed by atoms with Gasteiger partial charge in [-0.2, -0.15) is 0 Å². The third-order valence-electron chi connectivity index (χ3n) is 2.48. The van der Waals surface area contributed by atoms with Gasteiger partial charge in [-0.15, -0.1) is 0 Å². The molecule has 0 heterocycles. The maximum absolute atomic E-state index is 12.3. The van der Waals surface area contributed by atoms with Gasteiger partial charge in [0, 0.05) is 6.07 Å². The number of rotatable bonds is 3. The molecule has 0 bridgehead atoms. The number of hydrogen-bond acceptors (Lipinski definition) is 4. The second-order valence-corrected chi connectivity index (χ2v) is 6.49. The Morgan fingerprint density at radius 3 is 2.16 bits per heavy atom. The van der Waals surface area contributed by atoms with Crippen LogP contribution in [0.3, 0.4) is 0 Å². The average molecular weight is 342 g/mol. The molecule has 0 saturated heterocycles. The lowest BCUT2D eigenvalue weighted by molar-refractivity contribution is -0.385. The van der Waals surface area contributed by atoms with Gasteiger partial charge in [-0.05, 0) is 40.2 Å². The summed E-state index contributed by atoms with van der Waals surface area (Å²) in [5.74, 6) is 0. The summed E-state index contributed by atoms with van der Waals surface area (Å²) in [4.78, 5) is 10.3. The quantitative estimate of drug-likeness (QED) is 0.634. The summed E-state index contributed by atoms with van der Waals surface area (Å²) in [6.45, 7) is 0. The van der Waals surface area contributed by atoms with Crippen molar-refractivity contribution >= 4 is 31.5 Å². The van der Waals surface area contributed by atoms with Crippen molar-refractivity contribution in [2.75, 3.05) is 0 Å². The van der Waals surface area contributed by atoms with E-state index in [-0.39, 0.29) is 20.0 Å². The summed E-state index contributed by atoms with van der Waals surface area (Å²) in [6, 6.07) is 11.5. The van der Waals surface area contributed by atoms with Gasteiger partial charge in [0.15, 0.2) is 0 Å². The first-order valence-electron chi connectivity index (χ1n) is 5.17. The van der Waals surface area contributed by atoms with E-state index >= 15 is 0 Å². The Hall–Kier alpha value is -1.73. The third-order valence-corrected chi connectivity index (χ3v) is 4.88. The number of nitrogens with zero attached hydrogens (tertiary/aromatic N) is 1. The minimum Gasteiger partial charge on any atom is -0.258 e. The highest BCUT2D eigenvalue weighted by Crippen LogP contribution is 2.29. The van der Waals surface area contributed by atoms with Crippen LogP contribution in [0.2, 0.25) is 0 Å². The number of benzene rings is 2. The topological polar surface area (TPSA) is 77.3 Å². The molecule has 0 N–H and O–H groups in total. The second-order valence-electron chi connectivity index (χ2n) is 3.69. The van der Waals surface area contributed by atoms with Crippen LogP contribution < -0.4 is 0 Å². The zero-order valence-electron chi connectivity index (χ0n) is 9.49. The second kappa shape index (κ2) is 5.10. The largest absolute Gasteiger partial charge is 0.283 e. The Labute approximate surface area is 118 Å². The summed E-state index contributed by atoms with van der Waals surface area (Å²) in [5, 5.41) is 10.7. The summed E-state index contributed by atoms with van der Waals surface area (Å²) in [6.07, 6.45) is 0. The molecule has 0 fully saturated rings. The Morgan fingerprint density at radius 2 is 1.63 bits per heavy atom. The predicted molar refractivity (Wildman–Crippen MR) is 72.7 cm³/mol. The standard InChI is InChI=1S/C12H8BrNO4S/c13-11-8-10(6-7-12(11)14(15)16)19(17,18)9-4-2-1-3-5-9/h1-8H. The Kier molecular flexibility index (Phi) is 3.68. The van der Waals surface area contributed by atoms with Crippen LogP contribution >= 0.6 is 15.9 Å². The van der Waals surface area contributed by atoms with Crippen LogP contribution in [-0.2, 0) is 9.84 Å². The predicted octanol–water partition coefficient (Wildman–Crippen LogP) is 3.19. The molecule has 0 spiro atoms. The molecule has 0 saturated carbocycles. The van der Waals surface area contributed by atoms with E-state index in [0.29, 0.717) is 0 Å². The SMILES string of the molecule is O=[N+]([O-])c1ccc(S(=O)(=O)c2ccccc2)cc1Br. The molecule has 0 aromatic heterocycles. The van der Waals surface area contributed by atoms with Gasteiger partial charge in [0.25, 0.3) is 5.69 Å². The molecule has 7 heteroatoms. The van der Waals surface area contributed by atoms with Crippen molar-refractivity contribution in [3.63, 3.8) is 0 Å². The number of nitro benzene ring substituents is 1. The van der Waals surface area contributed by atoms with E-state index in [9.17, 15) is 18.5 Å². The van der Waals surface area contributed by atoms with Crippen molar-refractivity contribution in [2.24, 2.45) is 0 Å². The average Bonchev–Trinajstić information content (AvgIpc) is 2.39. The van der Waals surface area contributed by atoms with Crippen LogP contribution in [0, 0.1) is 10.1 Å². The maximum atomic E-state index is 12.3. The minimum absolute atomic E-state index is 0.0103. The summed E-state index contributed by atoms with van der Waals surface area (Å²) in [5.41, 5.74) is -0.174. The van der Waals surface area contributed by atoms with E-state index < -0.39 is 14.8 Å². The Morgan fingerprint density at radius 1 is 1.00 bits per heavy atom. The van der Waals surface area contributed by atoms with Crippen LogP contribution in [0.25, 0.3) is 0 Å². The van der Waals surface area contributed by atoms with E-state index in [4.69, 9.17) is 0 Å². The zero-order valence-corrected chi connectivity index (χ0v) is 11.9. The van der Waals surface area contributed by atoms with Crippen LogP contribution in [0.4, 0.5) is 5.69 Å². The molecule has 0 aliphatic rings. The fraction of sp³-hybridized carbons (Fsp3) is 0. The lowest BCUT2D eigenvalue weighted by Crippen LogP contribution is -2.02. The van der Waals surface area contributed by atoms with Gasteiger partial charge in [-0.3, -0.25) is 10.1 Å². The molecule has 2 aromatic rings. The van der Waals surface area contributed by atoms with E-state index in [1.165, 1.54) is 30.3 Å². The van der Waals surface area contributed by atoms with Gasteiger partial charge in [-0.1, -0.05) is 18.2 Å². The lowest BCUT2D eigenvalue weighted by atomic mass is 10.3. The highest BCUT2D eigenvalue weighted by Gasteiger charge is 2.20. The minimum atomic E-state index is -3.66. The Balaban J connectivity index is 2.54. The molecule has 0 radical (unpaired) electrons. The fourth-order valence-electron chi connectivity index (χ4n) is 1.54. The first-order chi connectivity index (χ1) is 8.93. The Bertz CT molecular complexity index is 729. The molecule has 0 unspecified atom stereocenters. The molecule has 98 valence electrons. The first kappa shape index (κ1) is 13.7. The molecule has 0 aliphatic carbocycles. The summed E-state index contributed by atoms with van der Waals surface area (Å²) < 4.78 is 24.7. The molecule has 19 heavy (non-hydrogen) atoms. The van der Waals surface area contributed by atoms with E-state index in [0.717, 1.165) is 0 Å². The molecular formula is C12H8BrNO4S. The zero-order chi connectivity index (χ0) is 14.0. The van der Waals surface area contributed by atoms with Gasteiger partial charge >= 0.3 is 0 Å². The van der Waals surface area contributed by atoms with E-state index in [1.807, 2.05) is 0 Å². The van der Waals surface area contributed by atoms with E-state index in [2.05, 4.69) is 15.9 Å². The third kappa shape index (κ3) is 2.66. The molecular weight excluding hydrogens is 334 g/mol. The normalized spacial score (nSPS) is 11.2. The van der Waals surface area contributed by atoms with Crippen LogP contribution in [0.1, 0.15) is 0 Å². The number of sulfone groups is 1. The van der Waals surface area contributed by atoms with Crippen molar-refractivity contribution < 1.29 is 13.3 Å². The molecule has 5 nitrogen and oxygen atoms in total. The van der Waals surface area contributed by atoms with Crippen molar-refractivity contribution in [3.8, 4) is 0 Å². The molecule has 0 amide bonds. The molecule has 0 aliphatic heterocycles. The molecule has 2 aromatic carbocycles. The number of nitro groups is 1. The van der Waals surface area contributed by atoms with E-state index in [1.54, 1.807) is 18.2 Å². The van der Waals surface area contributed by atoms with Crippen molar-refractivity contribution in [3.05, 3.63) is 63.1 Å². The number of hydrogen-bond donors (Lipinski definition) is 0. The van der Waals surface area contributed by atoms with Gasteiger partial charge in [-0.25, -0.2) is 8.42 Å². The van der Waals surface area contributed by atoms with Crippen LogP contribution in [0.5, 0.6) is 0 Å². The lowest BCUT2D eigenvalue weighted by Gasteiger charge is -2.05. The maximum Gasteiger partial charge on any atom is 0.283 e. The number of halogens is 1. The smallest absolute Gasteiger partial charge is 0.258 e. The monoisotopic (exact) mass is 341 g/mol. The highest BCUT2D eigenvalue weighted by atomic mass is 79.9. The first-order valence-corrected chi connectivity index (χ1v) is 7.44. The van der Waals surface area contributed by atoms with Crippen molar-refractivity contribution in [2.45, 2.75) is 9.79 Å². The fourth-order valence-corrected chi connectivity index (χ4v) is 3.52. The van der Waals surface area contributed by atoms with Crippen LogP contribution in [0.15, 0.2) is 62.8 Å². The molecule has 2 rings (SSSR count). The highest BCUT2D eigenvalue weighted by molar-refractivity contribution is 9.10. The summed E-state index contributed by atoms with van der Waals surface area (Å²) >= 11 is 3.01.